The Balaban J connectivity index is 0.00000121. The van der Waals surface area contributed by atoms with Crippen LogP contribution in [0.3, 0.4) is 0 Å². The van der Waals surface area contributed by atoms with Gasteiger partial charge in [0.1, 0.15) is 0 Å². The minimum atomic E-state index is -1.57. The average molecular weight is 174 g/mol. The first kappa shape index (κ1) is 12.5. The van der Waals surface area contributed by atoms with E-state index < -0.39 is 7.12 Å². The van der Waals surface area contributed by atoms with Crippen LogP contribution >= 0.6 is 0 Å². The van der Waals surface area contributed by atoms with E-state index >= 15 is 0 Å². The third kappa shape index (κ3) is 3.46. The number of rotatable bonds is 1. The molecule has 60 valence electrons. The van der Waals surface area contributed by atoms with Crippen molar-refractivity contribution in [1.82, 2.24) is 0 Å². The number of hydrogen-bond donors (Lipinski definition) is 1. The molecular weight excluding hydrogens is 162 g/mol. The first-order valence-electron chi connectivity index (χ1n) is 3.74. The molecule has 1 aliphatic rings. The van der Waals surface area contributed by atoms with Gasteiger partial charge >= 0.3 is 29.6 Å². The fraction of sp³-hybridized carbons (Fsp3) is 0.500. The van der Waals surface area contributed by atoms with Gasteiger partial charge in [-0.05, 0) is 11.8 Å². The van der Waals surface area contributed by atoms with Crippen LogP contribution in [0.1, 0.15) is 20.3 Å². The molecule has 0 amide bonds. The molecule has 0 spiro atoms. The van der Waals surface area contributed by atoms with Crippen molar-refractivity contribution < 1.29 is 39.6 Å². The molecule has 0 aliphatic heterocycles. The van der Waals surface area contributed by atoms with Crippen LogP contribution in [-0.4, -0.2) is 12.1 Å². The smallest absolute Gasteiger partial charge is 0.853 e. The Bertz CT molecular complexity index is 209. The molecule has 0 saturated carbocycles. The van der Waals surface area contributed by atoms with Gasteiger partial charge in [-0.25, -0.2) is 0 Å². The van der Waals surface area contributed by atoms with Crippen LogP contribution in [-0.2, 0) is 0 Å². The van der Waals surface area contributed by atoms with E-state index in [0.717, 1.165) is 6.42 Å². The maximum atomic E-state index is 10.5. The van der Waals surface area contributed by atoms with E-state index in [1.165, 1.54) is 0 Å². The molecule has 0 atom stereocenters. The Morgan fingerprint density at radius 2 is 2.17 bits per heavy atom. The molecule has 0 fully saturated rings. The molecule has 0 aromatic rings. The summed E-state index contributed by atoms with van der Waals surface area (Å²) in [6, 6.07) is 0. The zero-order chi connectivity index (χ0) is 8.48. The van der Waals surface area contributed by atoms with E-state index in [1.807, 2.05) is 6.08 Å². The summed E-state index contributed by atoms with van der Waals surface area (Å²) >= 11 is 0. The summed E-state index contributed by atoms with van der Waals surface area (Å²) in [6.07, 6.45) is 6.31. The van der Waals surface area contributed by atoms with Crippen molar-refractivity contribution in [1.29, 1.82) is 0 Å². The monoisotopic (exact) mass is 174 g/mol. The van der Waals surface area contributed by atoms with Gasteiger partial charge in [-0.3, -0.25) is 0 Å². The molecular formula is C8H12BNaO2. The van der Waals surface area contributed by atoms with E-state index in [4.69, 9.17) is 5.02 Å². The fourth-order valence-electron chi connectivity index (χ4n) is 1.02. The first-order valence-corrected chi connectivity index (χ1v) is 3.74. The third-order valence-electron chi connectivity index (χ3n) is 1.88. The summed E-state index contributed by atoms with van der Waals surface area (Å²) in [4.78, 5) is 0. The topological polar surface area (TPSA) is 43.3 Å². The van der Waals surface area contributed by atoms with Gasteiger partial charge in [0.15, 0.2) is 0 Å². The van der Waals surface area contributed by atoms with Gasteiger partial charge in [0.25, 0.3) is 0 Å². The van der Waals surface area contributed by atoms with Gasteiger partial charge < -0.3 is 10.0 Å². The summed E-state index contributed by atoms with van der Waals surface area (Å²) in [5.41, 5.74) is 0.627. The largest absolute Gasteiger partial charge is 1.00 e. The predicted octanol–water partition coefficient (Wildman–Crippen LogP) is -2.72. The second-order valence-corrected chi connectivity index (χ2v) is 3.58. The second-order valence-electron chi connectivity index (χ2n) is 3.58. The summed E-state index contributed by atoms with van der Waals surface area (Å²) in [6.45, 7) is 4.18. The second kappa shape index (κ2) is 4.63. The Hall–Kier alpha value is 0.465. The van der Waals surface area contributed by atoms with Crippen LogP contribution < -0.4 is 34.6 Å². The molecule has 0 radical (unpaired) electrons. The minimum Gasteiger partial charge on any atom is -0.853 e. The molecule has 12 heavy (non-hydrogen) atoms. The average Bonchev–Trinajstić information content (AvgIpc) is 1.86. The SMILES string of the molecule is CC1(C)C=CC(B([O-])O)=CC1.[Na+]. The molecule has 4 heteroatoms. The van der Waals surface area contributed by atoms with Crippen molar-refractivity contribution in [2.75, 3.05) is 0 Å². The minimum absolute atomic E-state index is 0. The summed E-state index contributed by atoms with van der Waals surface area (Å²) in [5, 5.41) is 19.2. The van der Waals surface area contributed by atoms with Crippen molar-refractivity contribution in [3.8, 4) is 0 Å². The number of hydrogen-bond acceptors (Lipinski definition) is 2. The molecule has 0 unspecified atom stereocenters. The maximum Gasteiger partial charge on any atom is 1.00 e. The van der Waals surface area contributed by atoms with Crippen molar-refractivity contribution in [2.45, 2.75) is 20.3 Å². The van der Waals surface area contributed by atoms with Crippen molar-refractivity contribution in [3.05, 3.63) is 23.7 Å². The van der Waals surface area contributed by atoms with Crippen LogP contribution in [0.25, 0.3) is 0 Å². The van der Waals surface area contributed by atoms with Gasteiger partial charge in [0, 0.05) is 0 Å². The maximum absolute atomic E-state index is 10.5. The Kier molecular flexibility index (Phi) is 4.81. The number of allylic oxidation sites excluding steroid dienone is 4. The van der Waals surface area contributed by atoms with Gasteiger partial charge in [-0.15, -0.1) is 0 Å². The van der Waals surface area contributed by atoms with Crippen molar-refractivity contribution in [2.24, 2.45) is 5.41 Å². The summed E-state index contributed by atoms with van der Waals surface area (Å²) < 4.78 is 0. The van der Waals surface area contributed by atoms with Crippen LogP contribution in [0.5, 0.6) is 0 Å². The van der Waals surface area contributed by atoms with Gasteiger partial charge in [-0.2, -0.15) is 0 Å². The zero-order valence-corrected chi connectivity index (χ0v) is 9.87. The standard InChI is InChI=1S/C8H12BO2.Na/c1-8(2)5-3-7(4-6-8)9(10)11;/h3-5,10H,6H2,1-2H3;/q-1;+1. The molecule has 0 bridgehead atoms. The predicted molar refractivity (Wildman–Crippen MR) is 43.6 cm³/mol. The summed E-state index contributed by atoms with van der Waals surface area (Å²) in [7, 11) is -1.57. The van der Waals surface area contributed by atoms with Crippen molar-refractivity contribution in [3.63, 3.8) is 0 Å². The van der Waals surface area contributed by atoms with Crippen LogP contribution in [0.4, 0.5) is 0 Å². The van der Waals surface area contributed by atoms with E-state index in [1.54, 1.807) is 12.2 Å². The Morgan fingerprint density at radius 3 is 2.50 bits per heavy atom. The molecule has 1 aliphatic carbocycles. The van der Waals surface area contributed by atoms with E-state index in [-0.39, 0.29) is 35.0 Å². The third-order valence-corrected chi connectivity index (χ3v) is 1.88. The fourth-order valence-corrected chi connectivity index (χ4v) is 1.02. The molecule has 2 nitrogen and oxygen atoms in total. The first-order chi connectivity index (χ1) is 5.01. The zero-order valence-electron chi connectivity index (χ0n) is 7.87. The molecule has 1 rings (SSSR count). The Labute approximate surface area is 95.8 Å². The van der Waals surface area contributed by atoms with E-state index in [2.05, 4.69) is 13.8 Å². The van der Waals surface area contributed by atoms with Gasteiger partial charge in [-0.1, -0.05) is 37.5 Å². The van der Waals surface area contributed by atoms with Gasteiger partial charge in [0.05, 0.1) is 0 Å². The quantitative estimate of drug-likeness (QED) is 0.439. The molecule has 1 N–H and O–H groups in total. The van der Waals surface area contributed by atoms with Crippen LogP contribution in [0.2, 0.25) is 0 Å². The molecule has 0 aromatic heterocycles. The van der Waals surface area contributed by atoms with Crippen molar-refractivity contribution >= 4 is 7.12 Å². The van der Waals surface area contributed by atoms with E-state index in [9.17, 15) is 5.02 Å². The van der Waals surface area contributed by atoms with E-state index in [0.29, 0.717) is 5.47 Å². The Morgan fingerprint density at radius 1 is 1.58 bits per heavy atom. The summed E-state index contributed by atoms with van der Waals surface area (Å²) in [5.74, 6) is 0. The normalized spacial score (nSPS) is 19.5. The van der Waals surface area contributed by atoms with Gasteiger partial charge in [0.2, 0.25) is 7.12 Å². The van der Waals surface area contributed by atoms with Crippen LogP contribution in [0, 0.1) is 5.41 Å². The van der Waals surface area contributed by atoms with Crippen LogP contribution in [0.15, 0.2) is 23.7 Å². The molecule has 0 saturated heterocycles. The molecule has 0 aromatic carbocycles. The molecule has 0 heterocycles.